The second kappa shape index (κ2) is 7.11. The summed E-state index contributed by atoms with van der Waals surface area (Å²) in [5.74, 6) is 0.927. The molecular formula is C20H28N6O. The van der Waals surface area contributed by atoms with E-state index < -0.39 is 0 Å². The topological polar surface area (TPSA) is 77.2 Å². The van der Waals surface area contributed by atoms with E-state index in [0.717, 1.165) is 50.2 Å². The van der Waals surface area contributed by atoms with Crippen molar-refractivity contribution in [1.82, 2.24) is 25.4 Å². The second-order valence-electron chi connectivity index (χ2n) is 8.19. The Labute approximate surface area is 159 Å². The molecule has 5 rings (SSSR count). The fourth-order valence-electron chi connectivity index (χ4n) is 4.72. The van der Waals surface area contributed by atoms with Gasteiger partial charge in [0.25, 0.3) is 0 Å². The molecule has 0 aromatic carbocycles. The highest BCUT2D eigenvalue weighted by atomic mass is 16.2. The number of aromatic amines is 1. The van der Waals surface area contributed by atoms with Crippen LogP contribution in [0.5, 0.6) is 0 Å². The predicted molar refractivity (Wildman–Crippen MR) is 105 cm³/mol. The van der Waals surface area contributed by atoms with Gasteiger partial charge in [-0.05, 0) is 43.7 Å². The third-order valence-electron chi connectivity index (χ3n) is 6.56. The van der Waals surface area contributed by atoms with Crippen molar-refractivity contribution < 1.29 is 4.79 Å². The maximum Gasteiger partial charge on any atom is 0.224 e. The molecule has 2 saturated heterocycles. The molecule has 4 heterocycles. The number of H-pyrrole nitrogens is 1. The summed E-state index contributed by atoms with van der Waals surface area (Å²) in [4.78, 5) is 21.7. The Morgan fingerprint density at radius 2 is 1.96 bits per heavy atom. The fourth-order valence-corrected chi connectivity index (χ4v) is 4.72. The lowest BCUT2D eigenvalue weighted by atomic mass is 9.79. The first-order chi connectivity index (χ1) is 13.3. The van der Waals surface area contributed by atoms with Crippen molar-refractivity contribution in [3.05, 3.63) is 18.0 Å². The Morgan fingerprint density at radius 1 is 1.11 bits per heavy atom. The minimum Gasteiger partial charge on any atom is -0.367 e. The molecule has 2 aliphatic heterocycles. The number of hydrogen-bond acceptors (Lipinski definition) is 5. The average molecular weight is 368 g/mol. The molecule has 0 bridgehead atoms. The zero-order valence-corrected chi connectivity index (χ0v) is 15.8. The molecule has 1 amide bonds. The van der Waals surface area contributed by atoms with Crippen LogP contribution >= 0.6 is 0 Å². The summed E-state index contributed by atoms with van der Waals surface area (Å²) < 4.78 is 0. The van der Waals surface area contributed by atoms with Crippen molar-refractivity contribution in [1.29, 1.82) is 0 Å². The number of carbonyl (C=O) groups excluding carboxylic acids is 1. The van der Waals surface area contributed by atoms with E-state index in [1.165, 1.54) is 36.9 Å². The lowest BCUT2D eigenvalue weighted by Gasteiger charge is -2.39. The van der Waals surface area contributed by atoms with Crippen molar-refractivity contribution in [2.24, 2.45) is 0 Å². The van der Waals surface area contributed by atoms with Crippen LogP contribution in [0.4, 0.5) is 5.69 Å². The number of fused-ring (bicyclic) bond motifs is 1. The van der Waals surface area contributed by atoms with Crippen LogP contribution in [0.3, 0.4) is 0 Å². The van der Waals surface area contributed by atoms with E-state index in [4.69, 9.17) is 0 Å². The zero-order chi connectivity index (χ0) is 18.2. The Balaban J connectivity index is 1.31. The summed E-state index contributed by atoms with van der Waals surface area (Å²) in [6, 6.07) is 0.381. The molecule has 2 N–H and O–H groups in total. The van der Waals surface area contributed by atoms with Gasteiger partial charge in [0.15, 0.2) is 5.65 Å². The number of amides is 1. The maximum absolute atomic E-state index is 12.6. The van der Waals surface area contributed by atoms with Crippen LogP contribution in [0.15, 0.2) is 12.4 Å². The van der Waals surface area contributed by atoms with Crippen molar-refractivity contribution in [3.63, 3.8) is 0 Å². The van der Waals surface area contributed by atoms with E-state index in [-0.39, 0.29) is 0 Å². The summed E-state index contributed by atoms with van der Waals surface area (Å²) in [7, 11) is 0. The molecule has 3 fully saturated rings. The molecule has 1 atom stereocenters. The monoisotopic (exact) mass is 368 g/mol. The van der Waals surface area contributed by atoms with Gasteiger partial charge in [-0.25, -0.2) is 4.98 Å². The van der Waals surface area contributed by atoms with Gasteiger partial charge in [0.1, 0.15) is 0 Å². The summed E-state index contributed by atoms with van der Waals surface area (Å²) >= 11 is 0. The Bertz CT molecular complexity index is 815. The number of carbonyl (C=O) groups is 1. The standard InChI is InChI=1S/C20H28N6O/c27-18(11-15-5-2-6-21-15)25-7-9-26(10-8-25)19-16(14-3-1-4-14)12-22-20-17(19)13-23-24-20/h12-15,21H,1-11H2,(H,22,23,24)/t15-/m0/s1. The smallest absolute Gasteiger partial charge is 0.224 e. The van der Waals surface area contributed by atoms with Gasteiger partial charge >= 0.3 is 0 Å². The Hall–Kier alpha value is -2.15. The lowest BCUT2D eigenvalue weighted by molar-refractivity contribution is -0.131. The van der Waals surface area contributed by atoms with Crippen LogP contribution in [-0.2, 0) is 4.79 Å². The molecule has 1 saturated carbocycles. The van der Waals surface area contributed by atoms with Gasteiger partial charge in [0.2, 0.25) is 5.91 Å². The highest BCUT2D eigenvalue weighted by Gasteiger charge is 2.30. The van der Waals surface area contributed by atoms with Crippen molar-refractivity contribution in [2.75, 3.05) is 37.6 Å². The van der Waals surface area contributed by atoms with Crippen LogP contribution in [0, 0.1) is 0 Å². The summed E-state index contributed by atoms with van der Waals surface area (Å²) in [6.45, 7) is 4.43. The van der Waals surface area contributed by atoms with E-state index in [9.17, 15) is 4.79 Å². The van der Waals surface area contributed by atoms with Gasteiger partial charge in [0, 0.05) is 44.8 Å². The quantitative estimate of drug-likeness (QED) is 0.863. The zero-order valence-electron chi connectivity index (χ0n) is 15.8. The fraction of sp³-hybridized carbons (Fsp3) is 0.650. The molecule has 2 aromatic heterocycles. The van der Waals surface area contributed by atoms with E-state index in [2.05, 4.69) is 25.4 Å². The number of piperazine rings is 1. The van der Waals surface area contributed by atoms with Gasteiger partial charge in [-0.15, -0.1) is 0 Å². The van der Waals surface area contributed by atoms with Crippen LogP contribution in [0.25, 0.3) is 11.0 Å². The van der Waals surface area contributed by atoms with Gasteiger partial charge in [-0.1, -0.05) is 6.42 Å². The van der Waals surface area contributed by atoms with Gasteiger partial charge in [-0.3, -0.25) is 9.89 Å². The molecule has 7 nitrogen and oxygen atoms in total. The van der Waals surface area contributed by atoms with Crippen LogP contribution in [-0.4, -0.2) is 64.8 Å². The summed E-state index contributed by atoms with van der Waals surface area (Å²) in [5.41, 5.74) is 3.52. The van der Waals surface area contributed by atoms with Gasteiger partial charge < -0.3 is 15.1 Å². The predicted octanol–water partition coefficient (Wildman–Crippen LogP) is 2.02. The first kappa shape index (κ1) is 17.0. The van der Waals surface area contributed by atoms with E-state index in [1.54, 1.807) is 0 Å². The van der Waals surface area contributed by atoms with Crippen LogP contribution in [0.1, 0.15) is 50.0 Å². The third-order valence-corrected chi connectivity index (χ3v) is 6.56. The van der Waals surface area contributed by atoms with E-state index in [1.807, 2.05) is 17.3 Å². The normalized spacial score (nSPS) is 23.8. The summed E-state index contributed by atoms with van der Waals surface area (Å²) in [5, 5.41) is 11.8. The molecule has 2 aromatic rings. The van der Waals surface area contributed by atoms with Crippen molar-refractivity contribution in [3.8, 4) is 0 Å². The van der Waals surface area contributed by atoms with E-state index in [0.29, 0.717) is 24.3 Å². The largest absolute Gasteiger partial charge is 0.367 e. The number of anilines is 1. The van der Waals surface area contributed by atoms with Gasteiger partial charge in [-0.2, -0.15) is 5.10 Å². The molecular weight excluding hydrogens is 340 g/mol. The molecule has 0 unspecified atom stereocenters. The Kier molecular flexibility index (Phi) is 4.47. The first-order valence-corrected chi connectivity index (χ1v) is 10.4. The van der Waals surface area contributed by atoms with E-state index >= 15 is 0 Å². The maximum atomic E-state index is 12.6. The Morgan fingerprint density at radius 3 is 2.67 bits per heavy atom. The lowest BCUT2D eigenvalue weighted by Crippen LogP contribution is -2.50. The minimum atomic E-state index is 0.302. The number of rotatable bonds is 4. The highest BCUT2D eigenvalue weighted by Crippen LogP contribution is 2.43. The number of nitrogens with zero attached hydrogens (tertiary/aromatic N) is 4. The number of pyridine rings is 1. The van der Waals surface area contributed by atoms with Crippen LogP contribution in [0.2, 0.25) is 0 Å². The van der Waals surface area contributed by atoms with Crippen molar-refractivity contribution in [2.45, 2.75) is 50.5 Å². The summed E-state index contributed by atoms with van der Waals surface area (Å²) in [6.07, 6.45) is 10.7. The average Bonchev–Trinajstić information content (AvgIpc) is 3.32. The number of nitrogens with one attached hydrogen (secondary N) is 2. The third kappa shape index (κ3) is 3.18. The van der Waals surface area contributed by atoms with Crippen LogP contribution < -0.4 is 10.2 Å². The number of aromatic nitrogens is 3. The molecule has 7 heteroatoms. The second-order valence-corrected chi connectivity index (χ2v) is 8.19. The molecule has 1 aliphatic carbocycles. The molecule has 144 valence electrons. The molecule has 27 heavy (non-hydrogen) atoms. The molecule has 0 spiro atoms. The minimum absolute atomic E-state index is 0.302. The number of hydrogen-bond donors (Lipinski definition) is 2. The highest BCUT2D eigenvalue weighted by molar-refractivity contribution is 5.91. The first-order valence-electron chi connectivity index (χ1n) is 10.4. The van der Waals surface area contributed by atoms with Crippen molar-refractivity contribution >= 4 is 22.6 Å². The SMILES string of the molecule is O=C(C[C@@H]1CCCN1)N1CCN(c2c(C3CCC3)cnc3[nH]ncc23)CC1. The van der Waals surface area contributed by atoms with Gasteiger partial charge in [0.05, 0.1) is 17.3 Å². The molecule has 0 radical (unpaired) electrons. The molecule has 3 aliphatic rings.